The first-order chi connectivity index (χ1) is 22.8. The molecule has 0 fully saturated rings. The van der Waals surface area contributed by atoms with Gasteiger partial charge in [0, 0.05) is 5.56 Å². The van der Waals surface area contributed by atoms with E-state index in [4.69, 9.17) is 33.2 Å². The molecule has 3 aromatic carbocycles. The summed E-state index contributed by atoms with van der Waals surface area (Å²) in [6, 6.07) is 15.5. The van der Waals surface area contributed by atoms with E-state index >= 15 is 0 Å². The van der Waals surface area contributed by atoms with Crippen molar-refractivity contribution in [3.8, 4) is 34.5 Å². The number of esters is 1. The number of methoxy groups -OCH3 is 5. The van der Waals surface area contributed by atoms with Crippen LogP contribution in [0.15, 0.2) is 75.7 Å². The Bertz CT molecular complexity index is 1970. The summed E-state index contributed by atoms with van der Waals surface area (Å²) in [4.78, 5) is 32.5. The third kappa shape index (κ3) is 6.68. The second kappa shape index (κ2) is 14.5. The number of hydrogen-bond acceptors (Lipinski definition) is 11. The number of carbonyl (C=O) groups excluding carboxylic acids is 1. The van der Waals surface area contributed by atoms with Gasteiger partial charge in [0.15, 0.2) is 16.3 Å². The summed E-state index contributed by atoms with van der Waals surface area (Å²) >= 11 is 1.23. The highest BCUT2D eigenvalue weighted by molar-refractivity contribution is 7.07. The molecule has 0 spiro atoms. The quantitative estimate of drug-likeness (QED) is 0.204. The molecule has 246 valence electrons. The number of allylic oxidation sites excluding steroid dienone is 1. The summed E-state index contributed by atoms with van der Waals surface area (Å²) < 4.78 is 40.8. The van der Waals surface area contributed by atoms with Crippen LogP contribution in [0, 0.1) is 0 Å². The average molecular weight is 661 g/mol. The summed E-state index contributed by atoms with van der Waals surface area (Å²) in [6.07, 6.45) is 1.79. The van der Waals surface area contributed by atoms with Gasteiger partial charge in [0.25, 0.3) is 5.56 Å². The lowest BCUT2D eigenvalue weighted by atomic mass is 9.95. The first kappa shape index (κ1) is 33.1. The number of carbonyl (C=O) groups is 1. The molecule has 0 unspecified atom stereocenters. The third-order valence-corrected chi connectivity index (χ3v) is 8.56. The Labute approximate surface area is 275 Å². The second-order valence-corrected chi connectivity index (χ2v) is 11.3. The molecule has 0 bridgehead atoms. The molecule has 12 heteroatoms. The van der Waals surface area contributed by atoms with Crippen molar-refractivity contribution in [1.82, 2.24) is 4.57 Å². The van der Waals surface area contributed by atoms with Crippen LogP contribution in [0.1, 0.15) is 36.6 Å². The van der Waals surface area contributed by atoms with Gasteiger partial charge in [-0.2, -0.15) is 0 Å². The monoisotopic (exact) mass is 660 g/mol. The molecule has 2 heterocycles. The van der Waals surface area contributed by atoms with Gasteiger partial charge in [-0.05, 0) is 73.5 Å². The summed E-state index contributed by atoms with van der Waals surface area (Å²) in [6.45, 7) is 3.90. The number of benzene rings is 3. The van der Waals surface area contributed by atoms with Crippen LogP contribution in [0.4, 0.5) is 0 Å². The van der Waals surface area contributed by atoms with Crippen LogP contribution in [-0.4, -0.2) is 52.7 Å². The van der Waals surface area contributed by atoms with Gasteiger partial charge in [-0.1, -0.05) is 23.5 Å². The lowest BCUT2D eigenvalue weighted by molar-refractivity contribution is -0.139. The Morgan fingerprint density at radius 2 is 1.53 bits per heavy atom. The maximum Gasteiger partial charge on any atom is 0.338 e. The van der Waals surface area contributed by atoms with Crippen molar-refractivity contribution in [2.75, 3.05) is 42.2 Å². The van der Waals surface area contributed by atoms with Gasteiger partial charge in [0.05, 0.1) is 64.0 Å². The third-order valence-electron chi connectivity index (χ3n) is 7.58. The highest BCUT2D eigenvalue weighted by atomic mass is 32.1. The highest BCUT2D eigenvalue weighted by Crippen LogP contribution is 2.42. The van der Waals surface area contributed by atoms with E-state index in [2.05, 4.69) is 4.99 Å². The molecule has 0 radical (unpaired) electrons. The SMILES string of the molecule is CCOC(=O)C1=C(C)N=c2s/c(=C\c3ccc(OCc4cc(OC)ccc4OC)cc3)c(=O)n2[C@@H]1c1cc(OC)c(OC)c(OC)c1. The van der Waals surface area contributed by atoms with E-state index < -0.39 is 12.0 Å². The molecular weight excluding hydrogens is 624 g/mol. The first-order valence-corrected chi connectivity index (χ1v) is 15.5. The van der Waals surface area contributed by atoms with Crippen LogP contribution < -0.4 is 43.3 Å². The van der Waals surface area contributed by atoms with E-state index in [1.165, 1.54) is 37.2 Å². The second-order valence-electron chi connectivity index (χ2n) is 10.3. The van der Waals surface area contributed by atoms with E-state index in [1.807, 2.05) is 42.5 Å². The molecule has 1 atom stereocenters. The van der Waals surface area contributed by atoms with Crippen molar-refractivity contribution < 1.29 is 38.0 Å². The minimum atomic E-state index is -0.856. The van der Waals surface area contributed by atoms with E-state index in [9.17, 15) is 9.59 Å². The minimum absolute atomic E-state index is 0.162. The Kier molecular flexibility index (Phi) is 10.2. The van der Waals surface area contributed by atoms with Crippen molar-refractivity contribution in [3.05, 3.63) is 102 Å². The van der Waals surface area contributed by atoms with Gasteiger partial charge < -0.3 is 33.2 Å². The molecule has 1 aromatic heterocycles. The number of rotatable bonds is 12. The number of thiazole rings is 1. The predicted molar refractivity (Wildman–Crippen MR) is 177 cm³/mol. The lowest BCUT2D eigenvalue weighted by Gasteiger charge is -2.26. The molecule has 47 heavy (non-hydrogen) atoms. The molecule has 1 aliphatic heterocycles. The number of ether oxygens (including phenoxy) is 7. The molecule has 4 aromatic rings. The minimum Gasteiger partial charge on any atom is -0.497 e. The normalized spacial score (nSPS) is 14.2. The largest absolute Gasteiger partial charge is 0.497 e. The Hall–Kier alpha value is -5.23. The zero-order valence-electron chi connectivity index (χ0n) is 27.2. The molecule has 0 N–H and O–H groups in total. The summed E-state index contributed by atoms with van der Waals surface area (Å²) in [5, 5.41) is 0. The summed E-state index contributed by atoms with van der Waals surface area (Å²) in [5.41, 5.74) is 2.58. The van der Waals surface area contributed by atoms with Gasteiger partial charge in [-0.25, -0.2) is 9.79 Å². The van der Waals surface area contributed by atoms with Crippen LogP contribution in [-0.2, 0) is 16.1 Å². The number of nitrogens with zero attached hydrogens (tertiary/aromatic N) is 2. The fraction of sp³-hybridized carbons (Fsp3) is 0.286. The summed E-state index contributed by atoms with van der Waals surface area (Å²) in [7, 11) is 7.73. The fourth-order valence-corrected chi connectivity index (χ4v) is 6.38. The van der Waals surface area contributed by atoms with Gasteiger partial charge in [-0.3, -0.25) is 9.36 Å². The van der Waals surface area contributed by atoms with E-state index in [1.54, 1.807) is 46.3 Å². The van der Waals surface area contributed by atoms with Gasteiger partial charge in [0.2, 0.25) is 5.75 Å². The molecule has 0 aliphatic carbocycles. The van der Waals surface area contributed by atoms with Crippen LogP contribution in [0.3, 0.4) is 0 Å². The fourth-order valence-electron chi connectivity index (χ4n) is 5.33. The average Bonchev–Trinajstić information content (AvgIpc) is 3.39. The van der Waals surface area contributed by atoms with Crippen molar-refractivity contribution in [3.63, 3.8) is 0 Å². The Morgan fingerprint density at radius 3 is 2.13 bits per heavy atom. The molecule has 0 amide bonds. The van der Waals surface area contributed by atoms with Crippen LogP contribution in [0.2, 0.25) is 0 Å². The standard InChI is InChI=1S/C35H36N2O9S/c1-8-45-34(39)30-20(2)36-35-37(31(30)22-17-27(42-5)32(44-7)28(18-22)43-6)33(38)29(47-35)15-21-9-11-24(12-10-21)46-19-23-16-25(40-3)13-14-26(23)41-4/h9-18,31H,8,19H2,1-7H3/b29-15-/t31-/m1/s1. The van der Waals surface area contributed by atoms with Crippen LogP contribution >= 0.6 is 11.3 Å². The summed E-state index contributed by atoms with van der Waals surface area (Å²) in [5.74, 6) is 2.64. The molecule has 0 saturated heterocycles. The zero-order chi connectivity index (χ0) is 33.7. The predicted octanol–water partition coefficient (Wildman–Crippen LogP) is 4.42. The van der Waals surface area contributed by atoms with Crippen LogP contribution in [0.25, 0.3) is 6.08 Å². The molecule has 11 nitrogen and oxygen atoms in total. The number of aromatic nitrogens is 1. The molecule has 5 rings (SSSR count). The molecule has 1 aliphatic rings. The maximum absolute atomic E-state index is 14.1. The van der Waals surface area contributed by atoms with E-state index in [0.717, 1.165) is 11.1 Å². The van der Waals surface area contributed by atoms with Crippen molar-refractivity contribution >= 4 is 23.4 Å². The lowest BCUT2D eigenvalue weighted by Crippen LogP contribution is -2.40. The smallest absolute Gasteiger partial charge is 0.338 e. The topological polar surface area (TPSA) is 116 Å². The van der Waals surface area contributed by atoms with Crippen LogP contribution in [0.5, 0.6) is 34.5 Å². The Balaban J connectivity index is 1.53. The Morgan fingerprint density at radius 1 is 0.872 bits per heavy atom. The van der Waals surface area contributed by atoms with Gasteiger partial charge >= 0.3 is 5.97 Å². The van der Waals surface area contributed by atoms with Crippen molar-refractivity contribution in [2.24, 2.45) is 4.99 Å². The molecular formula is C35H36N2O9S. The maximum atomic E-state index is 14.1. The number of hydrogen-bond donors (Lipinski definition) is 0. The zero-order valence-corrected chi connectivity index (χ0v) is 28.1. The van der Waals surface area contributed by atoms with Crippen molar-refractivity contribution in [1.29, 1.82) is 0 Å². The first-order valence-electron chi connectivity index (χ1n) is 14.7. The highest BCUT2D eigenvalue weighted by Gasteiger charge is 2.34. The van der Waals surface area contributed by atoms with Crippen molar-refractivity contribution in [2.45, 2.75) is 26.5 Å². The van der Waals surface area contributed by atoms with Gasteiger partial charge in [0.1, 0.15) is 23.9 Å². The van der Waals surface area contributed by atoms with Gasteiger partial charge in [-0.15, -0.1) is 0 Å². The van der Waals surface area contributed by atoms with E-state index in [-0.39, 0.29) is 24.3 Å². The van der Waals surface area contributed by atoms with E-state index in [0.29, 0.717) is 55.1 Å². The molecule has 0 saturated carbocycles. The number of fused-ring (bicyclic) bond motifs is 1.